The number of hydrogen-bond acceptors (Lipinski definition) is 3. The van der Waals surface area contributed by atoms with Gasteiger partial charge < -0.3 is 15.8 Å². The van der Waals surface area contributed by atoms with Crippen molar-refractivity contribution in [2.45, 2.75) is 19.1 Å². The minimum absolute atomic E-state index is 0.136. The highest BCUT2D eigenvalue weighted by Gasteiger charge is 2.21. The predicted molar refractivity (Wildman–Crippen MR) is 108 cm³/mol. The van der Waals surface area contributed by atoms with Crippen molar-refractivity contribution in [1.29, 1.82) is 0 Å². The van der Waals surface area contributed by atoms with Crippen LogP contribution in [0, 0.1) is 5.82 Å². The molecule has 0 bridgehead atoms. The van der Waals surface area contributed by atoms with Crippen molar-refractivity contribution >= 4 is 11.8 Å². The van der Waals surface area contributed by atoms with E-state index in [1.807, 2.05) is 30.3 Å². The van der Waals surface area contributed by atoms with Crippen molar-refractivity contribution in [2.24, 2.45) is 5.73 Å². The van der Waals surface area contributed by atoms with E-state index in [2.05, 4.69) is 5.32 Å². The third-order valence-electron chi connectivity index (χ3n) is 4.38. The first-order chi connectivity index (χ1) is 14.0. The Labute approximate surface area is 168 Å². The number of primary amides is 1. The fraction of sp³-hybridized carbons (Fsp3) is 0.130. The van der Waals surface area contributed by atoms with Gasteiger partial charge in [-0.3, -0.25) is 9.59 Å². The summed E-state index contributed by atoms with van der Waals surface area (Å²) in [5.74, 6) is -1.36. The van der Waals surface area contributed by atoms with E-state index in [1.165, 1.54) is 18.2 Å². The van der Waals surface area contributed by atoms with Gasteiger partial charge in [0.25, 0.3) is 5.91 Å². The van der Waals surface area contributed by atoms with Gasteiger partial charge in [0.15, 0.2) is 0 Å². The molecule has 148 valence electrons. The molecule has 0 radical (unpaired) electrons. The van der Waals surface area contributed by atoms with E-state index in [0.29, 0.717) is 12.4 Å². The molecule has 0 spiro atoms. The number of halogens is 1. The van der Waals surface area contributed by atoms with Gasteiger partial charge in [0.1, 0.15) is 24.2 Å². The number of carbonyl (C=O) groups excluding carboxylic acids is 2. The molecule has 6 heteroatoms. The molecular weight excluding hydrogens is 371 g/mol. The van der Waals surface area contributed by atoms with Crippen molar-refractivity contribution in [3.8, 4) is 5.75 Å². The third kappa shape index (κ3) is 5.65. The lowest BCUT2D eigenvalue weighted by molar-refractivity contribution is -0.119. The quantitative estimate of drug-likeness (QED) is 0.618. The average molecular weight is 392 g/mol. The Morgan fingerprint density at radius 1 is 0.897 bits per heavy atom. The Kier molecular flexibility index (Phi) is 6.58. The molecule has 3 aromatic rings. The Balaban J connectivity index is 1.61. The molecule has 0 aliphatic carbocycles. The van der Waals surface area contributed by atoms with Gasteiger partial charge in [0.05, 0.1) is 5.56 Å². The average Bonchev–Trinajstić information content (AvgIpc) is 2.73. The van der Waals surface area contributed by atoms with Crippen molar-refractivity contribution in [2.75, 3.05) is 0 Å². The van der Waals surface area contributed by atoms with Crippen LogP contribution < -0.4 is 15.8 Å². The molecule has 29 heavy (non-hydrogen) atoms. The lowest BCUT2D eigenvalue weighted by atomic mass is 10.0. The Bertz CT molecular complexity index is 975. The second-order valence-corrected chi connectivity index (χ2v) is 6.53. The van der Waals surface area contributed by atoms with Crippen LogP contribution in [0.4, 0.5) is 4.39 Å². The van der Waals surface area contributed by atoms with Crippen LogP contribution in [0.25, 0.3) is 0 Å². The minimum Gasteiger partial charge on any atom is -0.489 e. The Morgan fingerprint density at radius 3 is 2.21 bits per heavy atom. The molecule has 3 rings (SSSR count). The number of ether oxygens (including phenoxy) is 1. The number of nitrogens with two attached hydrogens (primary N) is 1. The van der Waals surface area contributed by atoms with Crippen LogP contribution in [0.3, 0.4) is 0 Å². The van der Waals surface area contributed by atoms with Gasteiger partial charge in [0.2, 0.25) is 5.91 Å². The van der Waals surface area contributed by atoms with Gasteiger partial charge in [-0.15, -0.1) is 0 Å². The van der Waals surface area contributed by atoms with E-state index < -0.39 is 23.7 Å². The van der Waals surface area contributed by atoms with Gasteiger partial charge in [-0.2, -0.15) is 0 Å². The van der Waals surface area contributed by atoms with Gasteiger partial charge >= 0.3 is 0 Å². The zero-order chi connectivity index (χ0) is 20.6. The van der Waals surface area contributed by atoms with Crippen molar-refractivity contribution in [3.63, 3.8) is 0 Å². The summed E-state index contributed by atoms with van der Waals surface area (Å²) in [6.07, 6.45) is 0.189. The number of rotatable bonds is 8. The summed E-state index contributed by atoms with van der Waals surface area (Å²) >= 11 is 0. The molecular formula is C23H21FN2O3. The zero-order valence-corrected chi connectivity index (χ0v) is 15.7. The topological polar surface area (TPSA) is 81.4 Å². The van der Waals surface area contributed by atoms with E-state index in [4.69, 9.17) is 10.5 Å². The maximum absolute atomic E-state index is 13.8. The SMILES string of the molecule is NC(=O)[C@H](Cc1ccc(OCc2ccccc2)cc1)NC(=O)c1ccccc1F. The van der Waals surface area contributed by atoms with Crippen LogP contribution in [0.15, 0.2) is 78.9 Å². The van der Waals surface area contributed by atoms with Crippen LogP contribution in [-0.2, 0) is 17.8 Å². The summed E-state index contributed by atoms with van der Waals surface area (Å²) in [7, 11) is 0. The normalized spacial score (nSPS) is 11.5. The highest BCUT2D eigenvalue weighted by molar-refractivity contribution is 5.97. The van der Waals surface area contributed by atoms with E-state index >= 15 is 0 Å². The second-order valence-electron chi connectivity index (χ2n) is 6.53. The van der Waals surface area contributed by atoms with Crippen LogP contribution in [0.5, 0.6) is 5.75 Å². The number of hydrogen-bond donors (Lipinski definition) is 2. The van der Waals surface area contributed by atoms with Crippen LogP contribution in [0.1, 0.15) is 21.5 Å². The molecule has 5 nitrogen and oxygen atoms in total. The summed E-state index contributed by atoms with van der Waals surface area (Å²) < 4.78 is 19.5. The Hall–Kier alpha value is -3.67. The van der Waals surface area contributed by atoms with Crippen LogP contribution >= 0.6 is 0 Å². The van der Waals surface area contributed by atoms with Crippen LogP contribution in [-0.4, -0.2) is 17.9 Å². The number of nitrogens with one attached hydrogen (secondary N) is 1. The molecule has 3 aromatic carbocycles. The first kappa shape index (κ1) is 20.1. The zero-order valence-electron chi connectivity index (χ0n) is 15.7. The summed E-state index contributed by atoms with van der Waals surface area (Å²) in [5, 5.41) is 2.50. The molecule has 2 amide bonds. The molecule has 3 N–H and O–H groups in total. The largest absolute Gasteiger partial charge is 0.489 e. The van der Waals surface area contributed by atoms with Crippen molar-refractivity contribution in [3.05, 3.63) is 101 Å². The van der Waals surface area contributed by atoms with Gasteiger partial charge in [0, 0.05) is 6.42 Å². The molecule has 0 unspecified atom stereocenters. The second kappa shape index (κ2) is 9.50. The highest BCUT2D eigenvalue weighted by atomic mass is 19.1. The fourth-order valence-electron chi connectivity index (χ4n) is 2.80. The standard InChI is InChI=1S/C23H21FN2O3/c24-20-9-5-4-8-19(20)23(28)26-21(22(25)27)14-16-10-12-18(13-11-16)29-15-17-6-2-1-3-7-17/h1-13,21H,14-15H2,(H2,25,27)(H,26,28)/t21-/m0/s1. The maximum atomic E-state index is 13.8. The maximum Gasteiger partial charge on any atom is 0.254 e. The van der Waals surface area contributed by atoms with Gasteiger partial charge in [-0.25, -0.2) is 4.39 Å². The predicted octanol–water partition coefficient (Wildman–Crippen LogP) is 3.23. The molecule has 1 atom stereocenters. The number of benzene rings is 3. The molecule has 0 fully saturated rings. The van der Waals surface area contributed by atoms with Gasteiger partial charge in [-0.05, 0) is 35.4 Å². The monoisotopic (exact) mass is 392 g/mol. The van der Waals surface area contributed by atoms with E-state index in [0.717, 1.165) is 11.1 Å². The molecule has 0 aliphatic heterocycles. The first-order valence-corrected chi connectivity index (χ1v) is 9.13. The van der Waals surface area contributed by atoms with E-state index in [1.54, 1.807) is 30.3 Å². The highest BCUT2D eigenvalue weighted by Crippen LogP contribution is 2.16. The van der Waals surface area contributed by atoms with Crippen molar-refractivity contribution in [1.82, 2.24) is 5.32 Å². The molecule has 0 aliphatic rings. The summed E-state index contributed by atoms with van der Waals surface area (Å²) in [6, 6.07) is 21.6. The first-order valence-electron chi connectivity index (χ1n) is 9.13. The number of amides is 2. The summed E-state index contributed by atoms with van der Waals surface area (Å²) in [4.78, 5) is 24.0. The van der Waals surface area contributed by atoms with Gasteiger partial charge in [-0.1, -0.05) is 54.6 Å². The minimum atomic E-state index is -0.960. The number of carbonyl (C=O) groups is 2. The third-order valence-corrected chi connectivity index (χ3v) is 4.38. The lowest BCUT2D eigenvalue weighted by Gasteiger charge is -2.16. The van der Waals surface area contributed by atoms with Crippen molar-refractivity contribution < 1.29 is 18.7 Å². The molecule has 0 aromatic heterocycles. The lowest BCUT2D eigenvalue weighted by Crippen LogP contribution is -2.46. The Morgan fingerprint density at radius 2 is 1.55 bits per heavy atom. The fourth-order valence-corrected chi connectivity index (χ4v) is 2.80. The smallest absolute Gasteiger partial charge is 0.254 e. The molecule has 0 saturated heterocycles. The summed E-state index contributed by atoms with van der Waals surface area (Å²) in [5.41, 5.74) is 7.13. The molecule has 0 saturated carbocycles. The molecule has 0 heterocycles. The summed E-state index contributed by atoms with van der Waals surface area (Å²) in [6.45, 7) is 0.447. The van der Waals surface area contributed by atoms with Crippen LogP contribution in [0.2, 0.25) is 0 Å². The van der Waals surface area contributed by atoms with E-state index in [9.17, 15) is 14.0 Å². The van der Waals surface area contributed by atoms with E-state index in [-0.39, 0.29) is 12.0 Å².